The van der Waals surface area contributed by atoms with Crippen molar-refractivity contribution in [2.24, 2.45) is 21.6 Å². The molecule has 0 bridgehead atoms. The third-order valence-corrected chi connectivity index (χ3v) is 9.06. The molecule has 0 saturated carbocycles. The summed E-state index contributed by atoms with van der Waals surface area (Å²) in [6, 6.07) is 15.1. The first-order chi connectivity index (χ1) is 13.3. The zero-order valence-electron chi connectivity index (χ0n) is 17.6. The van der Waals surface area contributed by atoms with Gasteiger partial charge in [0.25, 0.3) is 0 Å². The minimum absolute atomic E-state index is 0.0471. The topological polar surface area (TPSA) is 15.6 Å². The highest BCUT2D eigenvalue weighted by molar-refractivity contribution is 8.22. The summed E-state index contributed by atoms with van der Waals surface area (Å²) in [7, 11) is -0.0471. The van der Waals surface area contributed by atoms with E-state index in [-0.39, 0.29) is 16.1 Å². The summed E-state index contributed by atoms with van der Waals surface area (Å²) in [6.45, 7) is 10.5. The molecule has 152 valence electrons. The summed E-state index contributed by atoms with van der Waals surface area (Å²) >= 11 is 7.40. The molecule has 0 N–H and O–H groups in total. The van der Waals surface area contributed by atoms with Crippen molar-refractivity contribution in [2.45, 2.75) is 34.1 Å². The molecule has 1 aliphatic heterocycles. The maximum Gasteiger partial charge on any atom is 0.136 e. The van der Waals surface area contributed by atoms with Crippen LogP contribution in [0.3, 0.4) is 0 Å². The van der Waals surface area contributed by atoms with E-state index < -0.39 is 0 Å². The van der Waals surface area contributed by atoms with Gasteiger partial charge in [-0.1, -0.05) is 80.9 Å². The Morgan fingerprint density at radius 2 is 1.89 bits per heavy atom. The third-order valence-electron chi connectivity index (χ3n) is 5.70. The second-order valence-corrected chi connectivity index (χ2v) is 11.7. The molecule has 0 spiro atoms. The van der Waals surface area contributed by atoms with Gasteiger partial charge in [0.2, 0.25) is 0 Å². The van der Waals surface area contributed by atoms with Crippen molar-refractivity contribution in [1.29, 1.82) is 0 Å². The highest BCUT2D eigenvalue weighted by Gasteiger charge is 2.41. The van der Waals surface area contributed by atoms with Crippen LogP contribution < -0.4 is 0 Å². The summed E-state index contributed by atoms with van der Waals surface area (Å²) < 4.78 is 6.25. The molecule has 1 saturated heterocycles. The maximum atomic E-state index is 5.71. The normalized spacial score (nSPS) is 23.1. The van der Waals surface area contributed by atoms with Crippen LogP contribution >= 0.6 is 24.0 Å². The smallest absolute Gasteiger partial charge is 0.136 e. The molecule has 0 aromatic heterocycles. The molecule has 0 radical (unpaired) electrons. The Balaban J connectivity index is 1.99. The maximum absolute atomic E-state index is 5.71. The van der Waals surface area contributed by atoms with E-state index in [0.29, 0.717) is 11.8 Å². The quantitative estimate of drug-likeness (QED) is 0.490. The summed E-state index contributed by atoms with van der Waals surface area (Å²) in [5.41, 5.74) is 1.37. The number of fused-ring (bicyclic) bond motifs is 1. The minimum atomic E-state index is -0.0471. The van der Waals surface area contributed by atoms with E-state index in [9.17, 15) is 0 Å². The molecule has 2 atom stereocenters. The molecule has 1 fully saturated rings. The average molecular weight is 433 g/mol. The van der Waals surface area contributed by atoms with Crippen LogP contribution in [-0.4, -0.2) is 33.7 Å². The van der Waals surface area contributed by atoms with Gasteiger partial charge in [0, 0.05) is 17.7 Å². The lowest BCUT2D eigenvalue weighted by Crippen LogP contribution is -2.52. The highest BCUT2D eigenvalue weighted by Crippen LogP contribution is 2.41. The number of hydrogen-bond donors (Lipinski definition) is 0. The van der Waals surface area contributed by atoms with Gasteiger partial charge in [-0.3, -0.25) is 0 Å². The largest absolute Gasteiger partial charge is 0.347 e. The van der Waals surface area contributed by atoms with E-state index in [1.165, 1.54) is 22.9 Å². The van der Waals surface area contributed by atoms with Crippen LogP contribution in [0.15, 0.2) is 46.8 Å². The van der Waals surface area contributed by atoms with Crippen LogP contribution in [0.25, 0.3) is 10.8 Å². The second kappa shape index (κ2) is 9.27. The summed E-state index contributed by atoms with van der Waals surface area (Å²) in [5, 5.41) is 2.54. The highest BCUT2D eigenvalue weighted by atomic mass is 32.2. The van der Waals surface area contributed by atoms with E-state index in [2.05, 4.69) is 81.3 Å². The van der Waals surface area contributed by atoms with E-state index in [4.69, 9.17) is 16.6 Å². The van der Waals surface area contributed by atoms with Gasteiger partial charge in [-0.25, -0.2) is 4.36 Å². The molecular formula is C23H32N2S3. The first-order valence-electron chi connectivity index (χ1n) is 10.0. The van der Waals surface area contributed by atoms with E-state index in [1.54, 1.807) is 11.8 Å². The Morgan fingerprint density at radius 1 is 1.18 bits per heavy atom. The Hall–Kier alpha value is -0.910. The van der Waals surface area contributed by atoms with E-state index >= 15 is 0 Å². The number of thioether (sulfide) groups is 1. The fourth-order valence-corrected chi connectivity index (χ4v) is 7.33. The second-order valence-electron chi connectivity index (χ2n) is 8.64. The zero-order chi connectivity index (χ0) is 20.3. The monoisotopic (exact) mass is 432 g/mol. The number of hydrogen-bond acceptors (Lipinski definition) is 3. The molecule has 2 nitrogen and oxygen atoms in total. The van der Waals surface area contributed by atoms with Crippen molar-refractivity contribution in [3.8, 4) is 0 Å². The lowest BCUT2D eigenvalue weighted by Gasteiger charge is -2.48. The van der Waals surface area contributed by atoms with Crippen LogP contribution in [0.1, 0.15) is 34.1 Å². The van der Waals surface area contributed by atoms with Gasteiger partial charge in [-0.05, 0) is 47.4 Å². The van der Waals surface area contributed by atoms with E-state index in [0.717, 1.165) is 22.4 Å². The van der Waals surface area contributed by atoms with Crippen molar-refractivity contribution >= 4 is 55.5 Å². The summed E-state index contributed by atoms with van der Waals surface area (Å²) in [4.78, 5) is 2.43. The van der Waals surface area contributed by atoms with Gasteiger partial charge in [-0.2, -0.15) is 0 Å². The van der Waals surface area contributed by atoms with Crippen molar-refractivity contribution in [3.05, 3.63) is 42.5 Å². The number of nitrogens with zero attached hydrogens (tertiary/aromatic N) is 2. The number of benzene rings is 2. The molecule has 1 heterocycles. The van der Waals surface area contributed by atoms with Crippen LogP contribution in [0.2, 0.25) is 0 Å². The van der Waals surface area contributed by atoms with Gasteiger partial charge in [0.15, 0.2) is 0 Å². The predicted molar refractivity (Wildman–Crippen MR) is 133 cm³/mol. The lowest BCUT2D eigenvalue weighted by molar-refractivity contribution is 0.134. The Labute approximate surface area is 182 Å². The van der Waals surface area contributed by atoms with E-state index in [1.807, 2.05) is 0 Å². The van der Waals surface area contributed by atoms with Gasteiger partial charge >= 0.3 is 0 Å². The molecule has 0 amide bonds. The first kappa shape index (κ1) is 21.8. The molecule has 5 heteroatoms. The predicted octanol–water partition coefficient (Wildman–Crippen LogP) is 6.88. The Kier molecular flexibility index (Phi) is 7.21. The van der Waals surface area contributed by atoms with Gasteiger partial charge in [0.05, 0.1) is 11.6 Å². The fourth-order valence-electron chi connectivity index (χ4n) is 4.24. The lowest BCUT2D eigenvalue weighted by atomic mass is 9.72. The molecule has 2 unspecified atom stereocenters. The van der Waals surface area contributed by atoms with Crippen LogP contribution in [-0.2, 0) is 10.7 Å². The third kappa shape index (κ3) is 4.98. The SMILES string of the molecule is CSC(=S)N1CS(=Nc2ccc3ccccc3c2)CC(CC(C)C)(C(C)C)C1. The molecule has 2 aromatic carbocycles. The molecule has 3 rings (SSSR count). The standard InChI is InChI=1S/C23H32N2S3/c1-17(2)13-23(18(3)4)14-25(22(26)27-5)16-28(15-23)24-21-11-10-19-8-6-7-9-20(19)12-21/h6-12,17-18H,13-16H2,1-5H3. The van der Waals surface area contributed by atoms with Gasteiger partial charge in [0.1, 0.15) is 4.32 Å². The minimum Gasteiger partial charge on any atom is -0.347 e. The van der Waals surface area contributed by atoms with Crippen molar-refractivity contribution in [3.63, 3.8) is 0 Å². The molecule has 2 aromatic rings. The fraction of sp³-hybridized carbons (Fsp3) is 0.522. The first-order valence-corrected chi connectivity index (χ1v) is 13.2. The average Bonchev–Trinajstić information content (AvgIpc) is 2.66. The molecular weight excluding hydrogens is 400 g/mol. The Morgan fingerprint density at radius 3 is 2.54 bits per heavy atom. The van der Waals surface area contributed by atoms with Gasteiger partial charge in [-0.15, -0.1) is 11.8 Å². The summed E-state index contributed by atoms with van der Waals surface area (Å²) in [6.07, 6.45) is 3.32. The summed E-state index contributed by atoms with van der Waals surface area (Å²) in [5.74, 6) is 3.42. The van der Waals surface area contributed by atoms with Gasteiger partial charge < -0.3 is 4.90 Å². The molecule has 1 aliphatic rings. The zero-order valence-corrected chi connectivity index (χ0v) is 20.1. The van der Waals surface area contributed by atoms with Crippen molar-refractivity contribution in [2.75, 3.05) is 24.4 Å². The Bertz CT molecular complexity index is 875. The molecule has 0 aliphatic carbocycles. The van der Waals surface area contributed by atoms with Crippen LogP contribution in [0.5, 0.6) is 0 Å². The number of thiocarbonyl (C=S) groups is 1. The van der Waals surface area contributed by atoms with Crippen molar-refractivity contribution in [1.82, 2.24) is 4.90 Å². The van der Waals surface area contributed by atoms with Crippen molar-refractivity contribution < 1.29 is 0 Å². The van der Waals surface area contributed by atoms with Crippen LogP contribution in [0, 0.1) is 17.3 Å². The molecule has 28 heavy (non-hydrogen) atoms. The number of rotatable bonds is 4. The van der Waals surface area contributed by atoms with Crippen LogP contribution in [0.4, 0.5) is 5.69 Å².